The first-order valence-corrected chi connectivity index (χ1v) is 8.42. The van der Waals surface area contributed by atoms with Crippen LogP contribution in [0, 0.1) is 5.41 Å². The van der Waals surface area contributed by atoms with E-state index in [1.165, 1.54) is 0 Å². The molecule has 2 fully saturated rings. The fourth-order valence-electron chi connectivity index (χ4n) is 3.83. The number of rotatable bonds is 3. The fraction of sp³-hybridized carbons (Fsp3) is 0.938. The second-order valence-corrected chi connectivity index (χ2v) is 7.76. The van der Waals surface area contributed by atoms with E-state index in [1.807, 2.05) is 4.90 Å². The molecule has 2 heterocycles. The van der Waals surface area contributed by atoms with Crippen molar-refractivity contribution >= 4 is 6.09 Å². The Morgan fingerprint density at radius 3 is 2.26 bits per heavy atom. The standard InChI is InChI=1S/C16H29F2N3O2/c1-16(2,3)13-10-12(4-5-21(13)15(22)23)20-8-6-19(7-9-20)11-14(17)18/h12-14H,4-11H2,1-3H3,(H,22,23). The maximum Gasteiger partial charge on any atom is 0.407 e. The number of halogens is 2. The van der Waals surface area contributed by atoms with Crippen molar-refractivity contribution in [3.8, 4) is 0 Å². The number of carbonyl (C=O) groups is 1. The van der Waals surface area contributed by atoms with Gasteiger partial charge in [0.2, 0.25) is 0 Å². The third-order valence-electron chi connectivity index (χ3n) is 5.14. The molecule has 2 rings (SSSR count). The van der Waals surface area contributed by atoms with Crippen LogP contribution in [0.15, 0.2) is 0 Å². The van der Waals surface area contributed by atoms with E-state index >= 15 is 0 Å². The third-order valence-corrected chi connectivity index (χ3v) is 5.14. The normalized spacial score (nSPS) is 28.3. The van der Waals surface area contributed by atoms with Gasteiger partial charge >= 0.3 is 6.09 Å². The Balaban J connectivity index is 1.94. The largest absolute Gasteiger partial charge is 0.465 e. The van der Waals surface area contributed by atoms with Crippen molar-refractivity contribution in [2.45, 2.75) is 52.1 Å². The quantitative estimate of drug-likeness (QED) is 0.862. The van der Waals surface area contributed by atoms with E-state index in [1.54, 1.807) is 4.90 Å². The minimum absolute atomic E-state index is 0.00200. The summed E-state index contributed by atoms with van der Waals surface area (Å²) in [5.41, 5.74) is -0.103. The lowest BCUT2D eigenvalue weighted by Gasteiger charge is -2.48. The zero-order valence-electron chi connectivity index (χ0n) is 14.3. The summed E-state index contributed by atoms with van der Waals surface area (Å²) in [6, 6.07) is 0.348. The number of likely N-dealkylation sites (tertiary alicyclic amines) is 1. The minimum atomic E-state index is -2.27. The zero-order chi connectivity index (χ0) is 17.2. The fourth-order valence-corrected chi connectivity index (χ4v) is 3.83. The van der Waals surface area contributed by atoms with Gasteiger partial charge in [0.05, 0.1) is 6.54 Å². The highest BCUT2D eigenvalue weighted by molar-refractivity contribution is 5.65. The van der Waals surface area contributed by atoms with E-state index in [0.29, 0.717) is 25.7 Å². The topological polar surface area (TPSA) is 47.0 Å². The summed E-state index contributed by atoms with van der Waals surface area (Å²) in [5, 5.41) is 9.42. The molecular formula is C16H29F2N3O2. The smallest absolute Gasteiger partial charge is 0.407 e. The van der Waals surface area contributed by atoms with Gasteiger partial charge in [0, 0.05) is 44.8 Å². The lowest BCUT2D eigenvalue weighted by molar-refractivity contribution is -0.00284. The van der Waals surface area contributed by atoms with Gasteiger partial charge in [0.25, 0.3) is 6.43 Å². The van der Waals surface area contributed by atoms with Crippen LogP contribution in [-0.4, -0.2) is 83.7 Å². The monoisotopic (exact) mass is 333 g/mol. The average Bonchev–Trinajstić information content (AvgIpc) is 2.46. The second-order valence-electron chi connectivity index (χ2n) is 7.76. The Morgan fingerprint density at radius 1 is 1.17 bits per heavy atom. The van der Waals surface area contributed by atoms with Gasteiger partial charge in [0.15, 0.2) is 0 Å². The highest BCUT2D eigenvalue weighted by Crippen LogP contribution is 2.34. The van der Waals surface area contributed by atoms with Gasteiger partial charge in [-0.15, -0.1) is 0 Å². The molecule has 0 spiro atoms. The Hall–Kier alpha value is -0.950. The highest BCUT2D eigenvalue weighted by Gasteiger charge is 2.40. The van der Waals surface area contributed by atoms with Crippen LogP contribution < -0.4 is 0 Å². The third kappa shape index (κ3) is 4.76. The molecule has 2 aliphatic rings. The molecule has 0 aromatic rings. The van der Waals surface area contributed by atoms with Crippen molar-refractivity contribution in [2.24, 2.45) is 5.41 Å². The van der Waals surface area contributed by atoms with Gasteiger partial charge in [-0.3, -0.25) is 9.80 Å². The maximum atomic E-state index is 12.5. The van der Waals surface area contributed by atoms with E-state index in [0.717, 1.165) is 25.9 Å². The lowest BCUT2D eigenvalue weighted by atomic mass is 9.79. The number of alkyl halides is 2. The summed E-state index contributed by atoms with van der Waals surface area (Å²) < 4.78 is 24.9. The Kier molecular flexibility index (Phi) is 5.84. The lowest BCUT2D eigenvalue weighted by Crippen LogP contribution is -2.58. The van der Waals surface area contributed by atoms with Gasteiger partial charge in [-0.1, -0.05) is 20.8 Å². The van der Waals surface area contributed by atoms with E-state index in [9.17, 15) is 18.7 Å². The Bertz CT molecular complexity index is 407. The van der Waals surface area contributed by atoms with Crippen LogP contribution in [0.4, 0.5) is 13.6 Å². The number of nitrogens with zero attached hydrogens (tertiary/aromatic N) is 3. The van der Waals surface area contributed by atoms with E-state index in [4.69, 9.17) is 0 Å². The van der Waals surface area contributed by atoms with Crippen LogP contribution in [0.25, 0.3) is 0 Å². The van der Waals surface area contributed by atoms with E-state index in [2.05, 4.69) is 25.7 Å². The molecule has 2 unspecified atom stereocenters. The van der Waals surface area contributed by atoms with Crippen LogP contribution in [0.3, 0.4) is 0 Å². The molecule has 2 saturated heterocycles. The average molecular weight is 333 g/mol. The van der Waals surface area contributed by atoms with Crippen molar-refractivity contribution in [1.29, 1.82) is 0 Å². The number of hydrogen-bond donors (Lipinski definition) is 1. The first kappa shape index (κ1) is 18.4. The number of piperazine rings is 1. The molecule has 5 nitrogen and oxygen atoms in total. The predicted molar refractivity (Wildman–Crippen MR) is 85.0 cm³/mol. The zero-order valence-corrected chi connectivity index (χ0v) is 14.3. The molecule has 0 radical (unpaired) electrons. The molecule has 2 atom stereocenters. The van der Waals surface area contributed by atoms with Crippen molar-refractivity contribution in [1.82, 2.24) is 14.7 Å². The maximum absolute atomic E-state index is 12.5. The van der Waals surface area contributed by atoms with Gasteiger partial charge in [-0.2, -0.15) is 0 Å². The molecule has 0 bridgehead atoms. The Morgan fingerprint density at radius 2 is 1.78 bits per heavy atom. The van der Waals surface area contributed by atoms with Crippen molar-refractivity contribution < 1.29 is 18.7 Å². The van der Waals surface area contributed by atoms with Gasteiger partial charge in [-0.05, 0) is 18.3 Å². The highest BCUT2D eigenvalue weighted by atomic mass is 19.3. The molecular weight excluding hydrogens is 304 g/mol. The van der Waals surface area contributed by atoms with E-state index in [-0.39, 0.29) is 18.0 Å². The molecule has 0 aromatic heterocycles. The molecule has 1 N–H and O–H groups in total. The van der Waals surface area contributed by atoms with Crippen molar-refractivity contribution in [3.63, 3.8) is 0 Å². The Labute approximate surface area is 137 Å². The summed E-state index contributed by atoms with van der Waals surface area (Å²) in [4.78, 5) is 17.2. The van der Waals surface area contributed by atoms with Crippen LogP contribution in [0.1, 0.15) is 33.6 Å². The molecule has 23 heavy (non-hydrogen) atoms. The van der Waals surface area contributed by atoms with Crippen LogP contribution in [0.2, 0.25) is 0 Å². The number of carboxylic acid groups (broad SMARTS) is 1. The summed E-state index contributed by atoms with van der Waals surface area (Å²) in [6.07, 6.45) is -1.46. The number of amides is 1. The van der Waals surface area contributed by atoms with Crippen LogP contribution in [0.5, 0.6) is 0 Å². The van der Waals surface area contributed by atoms with Crippen LogP contribution >= 0.6 is 0 Å². The molecule has 0 aliphatic carbocycles. The van der Waals surface area contributed by atoms with Gasteiger partial charge < -0.3 is 10.0 Å². The van der Waals surface area contributed by atoms with Gasteiger partial charge in [0.1, 0.15) is 0 Å². The molecule has 7 heteroatoms. The van der Waals surface area contributed by atoms with E-state index < -0.39 is 12.5 Å². The minimum Gasteiger partial charge on any atom is -0.465 e. The van der Waals surface area contributed by atoms with Crippen molar-refractivity contribution in [3.05, 3.63) is 0 Å². The van der Waals surface area contributed by atoms with Gasteiger partial charge in [-0.25, -0.2) is 13.6 Å². The second kappa shape index (κ2) is 7.30. The first-order valence-electron chi connectivity index (χ1n) is 8.42. The molecule has 2 aliphatic heterocycles. The molecule has 0 saturated carbocycles. The first-order chi connectivity index (χ1) is 10.7. The SMILES string of the molecule is CC(C)(C)C1CC(N2CCN(CC(F)F)CC2)CCN1C(=O)O. The summed E-state index contributed by atoms with van der Waals surface area (Å²) in [7, 11) is 0. The number of hydrogen-bond acceptors (Lipinski definition) is 3. The van der Waals surface area contributed by atoms with Crippen LogP contribution in [-0.2, 0) is 0 Å². The van der Waals surface area contributed by atoms with Crippen molar-refractivity contribution in [2.75, 3.05) is 39.3 Å². The summed E-state index contributed by atoms with van der Waals surface area (Å²) in [6.45, 7) is 9.58. The predicted octanol–water partition coefficient (Wildman–Crippen LogP) is 2.43. The molecule has 1 amide bonds. The summed E-state index contributed by atoms with van der Waals surface area (Å²) in [5.74, 6) is 0. The molecule has 0 aromatic carbocycles. The summed E-state index contributed by atoms with van der Waals surface area (Å²) >= 11 is 0. The number of piperidine rings is 1. The molecule has 134 valence electrons.